The van der Waals surface area contributed by atoms with Crippen LogP contribution in [-0.2, 0) is 23.0 Å². The lowest BCUT2D eigenvalue weighted by Crippen LogP contribution is -2.48. The lowest BCUT2D eigenvalue weighted by molar-refractivity contribution is 0.0798. The van der Waals surface area contributed by atoms with Gasteiger partial charge in [0.25, 0.3) is 5.89 Å². The van der Waals surface area contributed by atoms with Crippen molar-refractivity contribution in [3.8, 4) is 0 Å². The van der Waals surface area contributed by atoms with Crippen LogP contribution in [0.2, 0.25) is 0 Å². The summed E-state index contributed by atoms with van der Waals surface area (Å²) in [6.07, 6.45) is 0.611. The zero-order valence-electron chi connectivity index (χ0n) is 18.5. The van der Waals surface area contributed by atoms with Gasteiger partial charge in [-0.25, -0.2) is 17.2 Å². The standard InChI is InChI=1S/C22H23F2IN4O5S/c1-35(32,33)29-20-12-34-22(28-20)21(31)27-18(8-14-5-15(23)9-16(24)6-14)19(30)11-26-10-13-3-2-4-17(25)7-13/h2-7,9,12,18-19,26,29-30H,8,10-11H2,1H3,(H,27,31)/t18-,19-/m0/s1. The second-order valence-electron chi connectivity index (χ2n) is 7.80. The number of halogens is 3. The highest BCUT2D eigenvalue weighted by Gasteiger charge is 2.25. The van der Waals surface area contributed by atoms with E-state index in [0.29, 0.717) is 6.54 Å². The topological polar surface area (TPSA) is 134 Å². The Hall–Kier alpha value is -2.62. The lowest BCUT2D eigenvalue weighted by Gasteiger charge is -2.24. The van der Waals surface area contributed by atoms with Gasteiger partial charge < -0.3 is 20.2 Å². The molecule has 4 N–H and O–H groups in total. The number of oxazole rings is 1. The molecule has 0 fully saturated rings. The predicted octanol–water partition coefficient (Wildman–Crippen LogP) is 2.42. The van der Waals surface area contributed by atoms with Crippen molar-refractivity contribution in [2.45, 2.75) is 25.1 Å². The van der Waals surface area contributed by atoms with Crippen LogP contribution in [0, 0.1) is 15.2 Å². The number of aliphatic hydroxyl groups is 1. The van der Waals surface area contributed by atoms with Crippen molar-refractivity contribution in [1.29, 1.82) is 0 Å². The first kappa shape index (κ1) is 27.0. The molecule has 0 aliphatic carbocycles. The first-order chi connectivity index (χ1) is 16.5. The van der Waals surface area contributed by atoms with E-state index in [0.717, 1.165) is 39.9 Å². The number of aliphatic hydroxyl groups excluding tert-OH is 1. The van der Waals surface area contributed by atoms with E-state index in [4.69, 9.17) is 4.42 Å². The van der Waals surface area contributed by atoms with Crippen molar-refractivity contribution in [2.24, 2.45) is 0 Å². The highest BCUT2D eigenvalue weighted by atomic mass is 127. The number of amides is 1. The quantitative estimate of drug-likeness (QED) is 0.242. The smallest absolute Gasteiger partial charge is 0.307 e. The van der Waals surface area contributed by atoms with Crippen molar-refractivity contribution in [3.05, 3.63) is 80.9 Å². The van der Waals surface area contributed by atoms with E-state index in [1.54, 1.807) is 0 Å². The second-order valence-corrected chi connectivity index (χ2v) is 10.8. The minimum absolute atomic E-state index is 0.0562. The van der Waals surface area contributed by atoms with Crippen LogP contribution >= 0.6 is 22.6 Å². The molecule has 1 heterocycles. The van der Waals surface area contributed by atoms with E-state index >= 15 is 0 Å². The molecule has 9 nitrogen and oxygen atoms in total. The van der Waals surface area contributed by atoms with Gasteiger partial charge in [0.15, 0.2) is 5.82 Å². The van der Waals surface area contributed by atoms with Crippen molar-refractivity contribution in [3.63, 3.8) is 0 Å². The van der Waals surface area contributed by atoms with Crippen LogP contribution in [0.3, 0.4) is 0 Å². The van der Waals surface area contributed by atoms with Crippen molar-refractivity contribution < 1.29 is 31.5 Å². The van der Waals surface area contributed by atoms with Gasteiger partial charge in [-0.2, -0.15) is 4.98 Å². The summed E-state index contributed by atoms with van der Waals surface area (Å²) < 4.78 is 58.2. The molecule has 0 aliphatic heterocycles. The molecule has 1 aromatic heterocycles. The van der Waals surface area contributed by atoms with Crippen LogP contribution in [-0.4, -0.2) is 49.4 Å². The number of hydrogen-bond acceptors (Lipinski definition) is 7. The largest absolute Gasteiger partial charge is 0.439 e. The number of anilines is 1. The fourth-order valence-corrected chi connectivity index (χ4v) is 4.35. The molecule has 0 spiro atoms. The maximum Gasteiger partial charge on any atom is 0.307 e. The van der Waals surface area contributed by atoms with Gasteiger partial charge in [0, 0.05) is 22.7 Å². The number of rotatable bonds is 11. The Morgan fingerprint density at radius 1 is 1.17 bits per heavy atom. The number of carbonyl (C=O) groups excluding carboxylic acids is 1. The molecule has 2 atom stereocenters. The molecule has 13 heteroatoms. The third-order valence-electron chi connectivity index (χ3n) is 4.72. The summed E-state index contributed by atoms with van der Waals surface area (Å²) in [5.41, 5.74) is 1.21. The van der Waals surface area contributed by atoms with E-state index in [2.05, 4.69) is 42.9 Å². The number of benzene rings is 2. The van der Waals surface area contributed by atoms with Crippen LogP contribution in [0.25, 0.3) is 0 Å². The van der Waals surface area contributed by atoms with Gasteiger partial charge in [0.05, 0.1) is 18.4 Å². The van der Waals surface area contributed by atoms with Gasteiger partial charge >= 0.3 is 5.91 Å². The van der Waals surface area contributed by atoms with Crippen LogP contribution < -0.4 is 15.4 Å². The fourth-order valence-electron chi connectivity index (χ4n) is 3.26. The predicted molar refractivity (Wildman–Crippen MR) is 133 cm³/mol. The SMILES string of the molecule is CS(=O)(=O)Nc1coc(C(=O)N[C@@H](Cc2cc(F)cc(F)c2)[C@@H](O)CNCc2cccc(I)c2)n1. The molecule has 0 saturated heterocycles. The molecule has 0 unspecified atom stereocenters. The Morgan fingerprint density at radius 3 is 2.54 bits per heavy atom. The monoisotopic (exact) mass is 620 g/mol. The molecule has 188 valence electrons. The van der Waals surface area contributed by atoms with E-state index < -0.39 is 45.6 Å². The van der Waals surface area contributed by atoms with Gasteiger partial charge in [-0.1, -0.05) is 12.1 Å². The summed E-state index contributed by atoms with van der Waals surface area (Å²) in [6.45, 7) is 0.504. The first-order valence-corrected chi connectivity index (χ1v) is 13.3. The zero-order chi connectivity index (χ0) is 25.6. The fraction of sp³-hybridized carbons (Fsp3) is 0.273. The number of carbonyl (C=O) groups is 1. The molecule has 3 rings (SSSR count). The Morgan fingerprint density at radius 2 is 1.89 bits per heavy atom. The molecule has 2 aromatic carbocycles. The van der Waals surface area contributed by atoms with Crippen LogP contribution in [0.15, 0.2) is 53.1 Å². The van der Waals surface area contributed by atoms with Crippen LogP contribution in [0.5, 0.6) is 0 Å². The Labute approximate surface area is 214 Å². The average molecular weight is 620 g/mol. The Kier molecular flexibility index (Phi) is 9.15. The number of nitrogens with zero attached hydrogens (tertiary/aromatic N) is 1. The second kappa shape index (κ2) is 11.9. The highest BCUT2D eigenvalue weighted by molar-refractivity contribution is 14.1. The van der Waals surface area contributed by atoms with Crippen molar-refractivity contribution >= 4 is 44.3 Å². The number of nitrogens with one attached hydrogen (secondary N) is 3. The summed E-state index contributed by atoms with van der Waals surface area (Å²) in [7, 11) is -3.63. The third-order valence-corrected chi connectivity index (χ3v) is 5.97. The summed E-state index contributed by atoms with van der Waals surface area (Å²) in [5, 5.41) is 16.4. The Balaban J connectivity index is 1.71. The van der Waals surface area contributed by atoms with Gasteiger partial charge in [0.1, 0.15) is 17.9 Å². The summed E-state index contributed by atoms with van der Waals surface area (Å²) in [5.74, 6) is -3.07. The van der Waals surface area contributed by atoms with Gasteiger partial charge in [-0.05, 0) is 64.4 Å². The molecular weight excluding hydrogens is 597 g/mol. The van der Waals surface area contributed by atoms with Gasteiger partial charge in [-0.15, -0.1) is 0 Å². The maximum atomic E-state index is 13.7. The van der Waals surface area contributed by atoms with Crippen LogP contribution in [0.1, 0.15) is 21.8 Å². The molecule has 0 aliphatic rings. The van der Waals surface area contributed by atoms with E-state index in [9.17, 15) is 27.1 Å². The molecule has 0 saturated carbocycles. The molecule has 3 aromatic rings. The Bertz CT molecular complexity index is 1270. The first-order valence-electron chi connectivity index (χ1n) is 10.3. The number of hydrogen-bond donors (Lipinski definition) is 4. The minimum Gasteiger partial charge on any atom is -0.439 e. The number of aromatic nitrogens is 1. The lowest BCUT2D eigenvalue weighted by atomic mass is 10.0. The molecule has 0 bridgehead atoms. The third kappa shape index (κ3) is 8.83. The summed E-state index contributed by atoms with van der Waals surface area (Å²) in [6, 6.07) is 9.69. The van der Waals surface area contributed by atoms with Crippen molar-refractivity contribution in [2.75, 3.05) is 17.5 Å². The highest BCUT2D eigenvalue weighted by Crippen LogP contribution is 2.14. The average Bonchev–Trinajstić information content (AvgIpc) is 3.19. The summed E-state index contributed by atoms with van der Waals surface area (Å²) in [4.78, 5) is 16.4. The van der Waals surface area contributed by atoms with Gasteiger partial charge in [-0.3, -0.25) is 9.52 Å². The normalized spacial score (nSPS) is 13.3. The van der Waals surface area contributed by atoms with Crippen LogP contribution in [0.4, 0.5) is 14.6 Å². The molecule has 35 heavy (non-hydrogen) atoms. The van der Waals surface area contributed by atoms with E-state index in [1.165, 1.54) is 0 Å². The van der Waals surface area contributed by atoms with Crippen molar-refractivity contribution in [1.82, 2.24) is 15.6 Å². The summed E-state index contributed by atoms with van der Waals surface area (Å²) >= 11 is 2.19. The maximum absolute atomic E-state index is 13.7. The van der Waals surface area contributed by atoms with E-state index in [1.807, 2.05) is 24.3 Å². The van der Waals surface area contributed by atoms with Gasteiger partial charge in [0.2, 0.25) is 10.0 Å². The van der Waals surface area contributed by atoms with E-state index in [-0.39, 0.29) is 24.3 Å². The molecule has 0 radical (unpaired) electrons. The molecular formula is C22H23F2IN4O5S. The zero-order valence-corrected chi connectivity index (χ0v) is 21.4. The molecule has 1 amide bonds. The number of sulfonamides is 1. The minimum atomic E-state index is -3.63.